The fraction of sp³-hybridized carbons (Fsp3) is 0.312. The molecule has 3 rings (SSSR count). The number of rotatable bonds is 5. The first kappa shape index (κ1) is 15.1. The van der Waals surface area contributed by atoms with Crippen molar-refractivity contribution in [3.05, 3.63) is 35.4 Å². The maximum Gasteiger partial charge on any atom is 0.330 e. The number of esters is 1. The van der Waals surface area contributed by atoms with Gasteiger partial charge >= 0.3 is 12.0 Å². The van der Waals surface area contributed by atoms with Gasteiger partial charge in [0.15, 0.2) is 0 Å². The van der Waals surface area contributed by atoms with Crippen LogP contribution in [0.5, 0.6) is 5.75 Å². The number of benzene rings is 1. The highest BCUT2D eigenvalue weighted by Gasteiger charge is 2.27. The van der Waals surface area contributed by atoms with E-state index in [9.17, 15) is 14.4 Å². The molecule has 1 fully saturated rings. The third kappa shape index (κ3) is 3.50. The number of nitrogens with zero attached hydrogens (tertiary/aromatic N) is 1. The molecule has 2 aliphatic rings. The van der Waals surface area contributed by atoms with Crippen molar-refractivity contribution in [3.8, 4) is 5.75 Å². The summed E-state index contributed by atoms with van der Waals surface area (Å²) < 4.78 is 10.4. The molecule has 7 heteroatoms. The minimum atomic E-state index is -0.520. The molecule has 120 valence electrons. The van der Waals surface area contributed by atoms with Crippen molar-refractivity contribution in [2.45, 2.75) is 6.42 Å². The van der Waals surface area contributed by atoms with Crippen LogP contribution in [-0.2, 0) is 20.7 Å². The Labute approximate surface area is 132 Å². The van der Waals surface area contributed by atoms with E-state index in [-0.39, 0.29) is 25.6 Å². The van der Waals surface area contributed by atoms with Gasteiger partial charge in [-0.3, -0.25) is 9.69 Å². The van der Waals surface area contributed by atoms with E-state index >= 15 is 0 Å². The van der Waals surface area contributed by atoms with Gasteiger partial charge in [-0.25, -0.2) is 9.59 Å². The standard InChI is InChI=1S/C16H16N2O5/c19-14-10-17-16(21)18(14)6-8-23-15(20)4-2-11-1-3-13-12(9-11)5-7-22-13/h1-4,9H,5-8,10H2,(H,17,21). The van der Waals surface area contributed by atoms with Crippen LogP contribution < -0.4 is 10.1 Å². The van der Waals surface area contributed by atoms with Gasteiger partial charge in [0.1, 0.15) is 12.4 Å². The number of hydrogen-bond acceptors (Lipinski definition) is 5. The van der Waals surface area contributed by atoms with Crippen LogP contribution in [0.25, 0.3) is 6.08 Å². The third-order valence-corrected chi connectivity index (χ3v) is 3.62. The Morgan fingerprint density at radius 3 is 3.04 bits per heavy atom. The van der Waals surface area contributed by atoms with E-state index in [1.807, 2.05) is 18.2 Å². The van der Waals surface area contributed by atoms with E-state index in [0.29, 0.717) is 6.61 Å². The zero-order chi connectivity index (χ0) is 16.2. The molecule has 2 heterocycles. The monoisotopic (exact) mass is 316 g/mol. The number of carbonyl (C=O) groups excluding carboxylic acids is 3. The fourth-order valence-electron chi connectivity index (χ4n) is 2.44. The number of imide groups is 1. The van der Waals surface area contributed by atoms with Gasteiger partial charge in [-0.1, -0.05) is 6.07 Å². The van der Waals surface area contributed by atoms with Gasteiger partial charge in [-0.15, -0.1) is 0 Å². The summed E-state index contributed by atoms with van der Waals surface area (Å²) in [6, 6.07) is 5.26. The molecular weight excluding hydrogens is 300 g/mol. The molecule has 0 bridgehead atoms. The first-order chi connectivity index (χ1) is 11.1. The third-order valence-electron chi connectivity index (χ3n) is 3.62. The topological polar surface area (TPSA) is 84.9 Å². The summed E-state index contributed by atoms with van der Waals surface area (Å²) in [4.78, 5) is 35.3. The van der Waals surface area contributed by atoms with E-state index in [0.717, 1.165) is 28.2 Å². The molecule has 3 amide bonds. The van der Waals surface area contributed by atoms with Crippen molar-refractivity contribution < 1.29 is 23.9 Å². The Balaban J connectivity index is 1.47. The smallest absolute Gasteiger partial charge is 0.330 e. The summed E-state index contributed by atoms with van der Waals surface area (Å²) in [6.07, 6.45) is 3.85. The van der Waals surface area contributed by atoms with Crippen molar-refractivity contribution in [2.75, 3.05) is 26.3 Å². The Morgan fingerprint density at radius 1 is 1.39 bits per heavy atom. The van der Waals surface area contributed by atoms with Crippen molar-refractivity contribution >= 4 is 24.0 Å². The molecule has 0 aromatic heterocycles. The van der Waals surface area contributed by atoms with E-state index < -0.39 is 12.0 Å². The van der Waals surface area contributed by atoms with E-state index in [4.69, 9.17) is 9.47 Å². The number of hydrogen-bond donors (Lipinski definition) is 1. The zero-order valence-electron chi connectivity index (χ0n) is 12.4. The molecule has 7 nitrogen and oxygen atoms in total. The Morgan fingerprint density at radius 2 is 2.26 bits per heavy atom. The van der Waals surface area contributed by atoms with Gasteiger partial charge < -0.3 is 14.8 Å². The lowest BCUT2D eigenvalue weighted by Crippen LogP contribution is -2.34. The largest absolute Gasteiger partial charge is 0.493 e. The molecular formula is C16H16N2O5. The molecule has 0 unspecified atom stereocenters. The van der Waals surface area contributed by atoms with Crippen LogP contribution in [0, 0.1) is 0 Å². The van der Waals surface area contributed by atoms with E-state index in [1.165, 1.54) is 6.08 Å². The lowest BCUT2D eigenvalue weighted by atomic mass is 10.1. The van der Waals surface area contributed by atoms with Gasteiger partial charge in [0, 0.05) is 12.5 Å². The second-order valence-corrected chi connectivity index (χ2v) is 5.17. The molecule has 23 heavy (non-hydrogen) atoms. The highest BCUT2D eigenvalue weighted by molar-refractivity contribution is 6.01. The van der Waals surface area contributed by atoms with Crippen molar-refractivity contribution in [3.63, 3.8) is 0 Å². The number of fused-ring (bicyclic) bond motifs is 1. The van der Waals surface area contributed by atoms with Crippen LogP contribution in [-0.4, -0.2) is 49.1 Å². The number of carbonyl (C=O) groups is 3. The predicted molar refractivity (Wildman–Crippen MR) is 80.7 cm³/mol. The summed E-state index contributed by atoms with van der Waals surface area (Å²) in [6.45, 7) is 0.711. The van der Waals surface area contributed by atoms with Crippen molar-refractivity contribution in [1.82, 2.24) is 10.2 Å². The molecule has 1 saturated heterocycles. The SMILES string of the molecule is O=C(C=Cc1ccc2c(c1)CCO2)OCCN1C(=O)CNC1=O. The quantitative estimate of drug-likeness (QED) is 0.492. The van der Waals surface area contributed by atoms with Gasteiger partial charge in [0.25, 0.3) is 0 Å². The van der Waals surface area contributed by atoms with Crippen molar-refractivity contribution in [1.29, 1.82) is 0 Å². The maximum absolute atomic E-state index is 11.6. The molecule has 1 N–H and O–H groups in total. The fourth-order valence-corrected chi connectivity index (χ4v) is 2.44. The minimum Gasteiger partial charge on any atom is -0.493 e. The van der Waals surface area contributed by atoms with Crippen LogP contribution in [0.15, 0.2) is 24.3 Å². The van der Waals surface area contributed by atoms with Gasteiger partial charge in [0.05, 0.1) is 19.7 Å². The molecule has 2 aliphatic heterocycles. The second-order valence-electron chi connectivity index (χ2n) is 5.17. The van der Waals surface area contributed by atoms with Crippen LogP contribution in [0.2, 0.25) is 0 Å². The highest BCUT2D eigenvalue weighted by atomic mass is 16.5. The summed E-state index contributed by atoms with van der Waals surface area (Å²) in [7, 11) is 0. The molecule has 1 aromatic carbocycles. The zero-order valence-corrected chi connectivity index (χ0v) is 12.4. The normalized spacial score (nSPS) is 16.4. The van der Waals surface area contributed by atoms with Crippen LogP contribution in [0.4, 0.5) is 4.79 Å². The second kappa shape index (κ2) is 6.51. The van der Waals surface area contributed by atoms with Gasteiger partial charge in [-0.2, -0.15) is 0 Å². The summed E-state index contributed by atoms with van der Waals surface area (Å²) >= 11 is 0. The summed E-state index contributed by atoms with van der Waals surface area (Å²) in [5, 5.41) is 2.40. The maximum atomic E-state index is 11.6. The average Bonchev–Trinajstić information content (AvgIpc) is 3.13. The van der Waals surface area contributed by atoms with Crippen molar-refractivity contribution in [2.24, 2.45) is 0 Å². The van der Waals surface area contributed by atoms with Gasteiger partial charge in [-0.05, 0) is 29.3 Å². The molecule has 1 aromatic rings. The van der Waals surface area contributed by atoms with Gasteiger partial charge in [0.2, 0.25) is 5.91 Å². The molecule has 0 radical (unpaired) electrons. The van der Waals surface area contributed by atoms with Crippen LogP contribution >= 0.6 is 0 Å². The predicted octanol–water partition coefficient (Wildman–Crippen LogP) is 0.730. The van der Waals surface area contributed by atoms with Crippen LogP contribution in [0.1, 0.15) is 11.1 Å². The molecule has 0 aliphatic carbocycles. The number of nitrogens with one attached hydrogen (secondary N) is 1. The van der Waals surface area contributed by atoms with E-state index in [1.54, 1.807) is 6.08 Å². The Kier molecular flexibility index (Phi) is 4.27. The molecule has 0 atom stereocenters. The minimum absolute atomic E-state index is 0.00523. The Hall–Kier alpha value is -2.83. The number of amides is 3. The first-order valence-corrected chi connectivity index (χ1v) is 7.32. The number of urea groups is 1. The lowest BCUT2D eigenvalue weighted by Gasteiger charge is -2.11. The van der Waals surface area contributed by atoms with E-state index in [2.05, 4.69) is 5.32 Å². The number of ether oxygens (including phenoxy) is 2. The highest BCUT2D eigenvalue weighted by Crippen LogP contribution is 2.26. The average molecular weight is 316 g/mol. The lowest BCUT2D eigenvalue weighted by molar-refractivity contribution is -0.139. The summed E-state index contributed by atoms with van der Waals surface area (Å²) in [5.41, 5.74) is 2.01. The molecule has 0 spiro atoms. The first-order valence-electron chi connectivity index (χ1n) is 7.32. The Bertz CT molecular complexity index is 667. The van der Waals surface area contributed by atoms with Crippen LogP contribution in [0.3, 0.4) is 0 Å². The molecule has 0 saturated carbocycles. The summed E-state index contributed by atoms with van der Waals surface area (Å²) in [5.74, 6) is 0.0500.